The summed E-state index contributed by atoms with van der Waals surface area (Å²) in [5.41, 5.74) is 2.58. The van der Waals surface area contributed by atoms with E-state index in [2.05, 4.69) is 21.0 Å². The molecule has 0 aromatic heterocycles. The summed E-state index contributed by atoms with van der Waals surface area (Å²) in [6.45, 7) is 1.10. The Bertz CT molecular complexity index is 928. The van der Waals surface area contributed by atoms with E-state index in [-0.39, 0.29) is 24.3 Å². The Morgan fingerprint density at radius 1 is 1.14 bits per heavy atom. The van der Waals surface area contributed by atoms with Crippen LogP contribution in [0.2, 0.25) is 5.02 Å². The summed E-state index contributed by atoms with van der Waals surface area (Å²) in [4.78, 5) is 27.0. The number of amides is 2. The normalized spacial score (nSPS) is 19.3. The van der Waals surface area contributed by atoms with Gasteiger partial charge in [0.1, 0.15) is 0 Å². The molecular weight excluding hydrogens is 442 g/mol. The lowest BCUT2D eigenvalue weighted by Gasteiger charge is -2.25. The van der Waals surface area contributed by atoms with Crippen LogP contribution < -0.4 is 0 Å². The molecule has 28 heavy (non-hydrogen) atoms. The van der Waals surface area contributed by atoms with Crippen LogP contribution in [0.25, 0.3) is 0 Å². The van der Waals surface area contributed by atoms with E-state index in [0.29, 0.717) is 24.5 Å². The molecule has 0 spiro atoms. The summed E-state index contributed by atoms with van der Waals surface area (Å²) in [5.74, 6) is 0.0351. The number of benzene rings is 2. The number of carbonyl (C=O) groups excluding carboxylic acids is 2. The number of hydrogen-bond donors (Lipinski definition) is 0. The van der Waals surface area contributed by atoms with E-state index in [0.717, 1.165) is 27.7 Å². The van der Waals surface area contributed by atoms with Gasteiger partial charge in [0.2, 0.25) is 11.8 Å². The average Bonchev–Trinajstić information content (AvgIpc) is 3.30. The van der Waals surface area contributed by atoms with Gasteiger partial charge >= 0.3 is 0 Å². The van der Waals surface area contributed by atoms with Gasteiger partial charge in [-0.25, -0.2) is 5.01 Å². The summed E-state index contributed by atoms with van der Waals surface area (Å²) in [6, 6.07) is 14.8. The summed E-state index contributed by atoms with van der Waals surface area (Å²) >= 11 is 9.36. The summed E-state index contributed by atoms with van der Waals surface area (Å²) in [5, 5.41) is 6.77. The van der Waals surface area contributed by atoms with Gasteiger partial charge in [0.05, 0.1) is 24.7 Å². The molecule has 0 N–H and O–H groups in total. The number of rotatable bonds is 4. The second kappa shape index (κ2) is 8.05. The first-order valence-electron chi connectivity index (χ1n) is 9.20. The Kier molecular flexibility index (Phi) is 5.51. The van der Waals surface area contributed by atoms with E-state index in [1.807, 2.05) is 41.3 Å². The number of hydrazone groups is 1. The average molecular weight is 461 g/mol. The molecule has 2 aliphatic rings. The third kappa shape index (κ3) is 3.98. The van der Waals surface area contributed by atoms with Crippen LogP contribution in [0.1, 0.15) is 24.0 Å². The number of hydrogen-bond acceptors (Lipinski definition) is 3. The largest absolute Gasteiger partial charge is 0.332 e. The molecule has 5 nitrogen and oxygen atoms in total. The molecule has 0 aliphatic carbocycles. The fraction of sp³-hybridized carbons (Fsp3) is 0.286. The third-order valence-electron chi connectivity index (χ3n) is 5.07. The van der Waals surface area contributed by atoms with Gasteiger partial charge in [0, 0.05) is 28.0 Å². The maximum atomic E-state index is 12.8. The van der Waals surface area contributed by atoms with Crippen molar-refractivity contribution in [1.82, 2.24) is 9.91 Å². The van der Waals surface area contributed by atoms with E-state index in [9.17, 15) is 9.59 Å². The molecule has 2 aromatic rings. The molecule has 1 atom stereocenters. The Hall–Kier alpha value is -2.18. The van der Waals surface area contributed by atoms with Crippen molar-refractivity contribution < 1.29 is 9.59 Å². The quantitative estimate of drug-likeness (QED) is 0.695. The van der Waals surface area contributed by atoms with Gasteiger partial charge in [-0.05, 0) is 36.2 Å². The zero-order valence-corrected chi connectivity index (χ0v) is 17.5. The number of carbonyl (C=O) groups is 2. The molecule has 0 saturated carbocycles. The van der Waals surface area contributed by atoms with Crippen LogP contribution in [0.5, 0.6) is 0 Å². The first kappa shape index (κ1) is 19.2. The van der Waals surface area contributed by atoms with Gasteiger partial charge in [-0.2, -0.15) is 5.10 Å². The van der Waals surface area contributed by atoms with E-state index in [1.54, 1.807) is 12.1 Å². The monoisotopic (exact) mass is 459 g/mol. The highest BCUT2D eigenvalue weighted by atomic mass is 79.9. The molecular formula is C21H19BrClN3O2. The maximum Gasteiger partial charge on any atom is 0.247 e. The molecule has 2 amide bonds. The van der Waals surface area contributed by atoms with Crippen LogP contribution in [-0.2, 0) is 16.0 Å². The Morgan fingerprint density at radius 2 is 1.86 bits per heavy atom. The number of halogens is 2. The van der Waals surface area contributed by atoms with Crippen molar-refractivity contribution in [3.05, 3.63) is 69.2 Å². The summed E-state index contributed by atoms with van der Waals surface area (Å²) in [7, 11) is 0. The van der Waals surface area contributed by atoms with Crippen LogP contribution in [0.15, 0.2) is 58.1 Å². The number of likely N-dealkylation sites (tertiary alicyclic amines) is 1. The highest BCUT2D eigenvalue weighted by Gasteiger charge is 2.38. The summed E-state index contributed by atoms with van der Waals surface area (Å²) < 4.78 is 0.972. The fourth-order valence-corrected chi connectivity index (χ4v) is 4.02. The first-order valence-corrected chi connectivity index (χ1v) is 10.4. The van der Waals surface area contributed by atoms with Crippen LogP contribution in [0, 0.1) is 0 Å². The highest BCUT2D eigenvalue weighted by Crippen LogP contribution is 2.25. The highest BCUT2D eigenvalue weighted by molar-refractivity contribution is 9.10. The molecule has 0 bridgehead atoms. The van der Waals surface area contributed by atoms with Crippen LogP contribution in [0.4, 0.5) is 0 Å². The van der Waals surface area contributed by atoms with Crippen LogP contribution in [-0.4, -0.2) is 46.6 Å². The Morgan fingerprint density at radius 3 is 2.50 bits per heavy atom. The van der Waals surface area contributed by atoms with Crippen molar-refractivity contribution in [2.45, 2.75) is 25.3 Å². The molecule has 144 valence electrons. The lowest BCUT2D eigenvalue weighted by atomic mass is 10.0. The van der Waals surface area contributed by atoms with Gasteiger partial charge < -0.3 is 4.90 Å². The molecule has 1 saturated heterocycles. The minimum absolute atomic E-state index is 0.0916. The Balaban J connectivity index is 1.59. The van der Waals surface area contributed by atoms with Crippen LogP contribution >= 0.6 is 27.5 Å². The second-order valence-electron chi connectivity index (χ2n) is 6.98. The van der Waals surface area contributed by atoms with Gasteiger partial charge in [0.25, 0.3) is 0 Å². The Labute approximate surface area is 177 Å². The second-order valence-corrected chi connectivity index (χ2v) is 8.33. The zero-order chi connectivity index (χ0) is 19.7. The van der Waals surface area contributed by atoms with Gasteiger partial charge in [-0.15, -0.1) is 0 Å². The molecule has 2 aromatic carbocycles. The molecule has 4 rings (SSSR count). The van der Waals surface area contributed by atoms with E-state index < -0.39 is 0 Å². The van der Waals surface area contributed by atoms with Crippen molar-refractivity contribution in [2.75, 3.05) is 13.1 Å². The predicted molar refractivity (Wildman–Crippen MR) is 112 cm³/mol. The molecule has 0 radical (unpaired) electrons. The SMILES string of the molecule is O=C(Cc1ccc(Cl)cc1)N1CC(N2CCCC2=O)C(c2ccc(Br)cc2)=N1. The van der Waals surface area contributed by atoms with E-state index in [4.69, 9.17) is 11.6 Å². The smallest absolute Gasteiger partial charge is 0.247 e. The minimum Gasteiger partial charge on any atom is -0.332 e. The first-order chi connectivity index (χ1) is 13.5. The van der Waals surface area contributed by atoms with Crippen molar-refractivity contribution in [2.24, 2.45) is 5.10 Å². The van der Waals surface area contributed by atoms with E-state index >= 15 is 0 Å². The van der Waals surface area contributed by atoms with Crippen LogP contribution in [0.3, 0.4) is 0 Å². The molecule has 2 aliphatic heterocycles. The zero-order valence-electron chi connectivity index (χ0n) is 15.1. The van der Waals surface area contributed by atoms with E-state index in [1.165, 1.54) is 5.01 Å². The van der Waals surface area contributed by atoms with Crippen molar-refractivity contribution in [1.29, 1.82) is 0 Å². The lowest BCUT2D eigenvalue weighted by Crippen LogP contribution is -2.44. The predicted octanol–water partition coefficient (Wildman–Crippen LogP) is 3.88. The van der Waals surface area contributed by atoms with Crippen molar-refractivity contribution in [3.63, 3.8) is 0 Å². The minimum atomic E-state index is -0.203. The van der Waals surface area contributed by atoms with Gasteiger partial charge in [-0.3, -0.25) is 9.59 Å². The fourth-order valence-electron chi connectivity index (χ4n) is 3.63. The number of nitrogens with zero attached hydrogens (tertiary/aromatic N) is 3. The third-order valence-corrected chi connectivity index (χ3v) is 5.85. The maximum absolute atomic E-state index is 12.8. The molecule has 1 fully saturated rings. The topological polar surface area (TPSA) is 53.0 Å². The molecule has 2 heterocycles. The summed E-state index contributed by atoms with van der Waals surface area (Å²) in [6.07, 6.45) is 1.65. The van der Waals surface area contributed by atoms with Crippen molar-refractivity contribution >= 4 is 45.1 Å². The molecule has 1 unspecified atom stereocenters. The van der Waals surface area contributed by atoms with Gasteiger partial charge in [-0.1, -0.05) is 51.8 Å². The lowest BCUT2D eigenvalue weighted by molar-refractivity contribution is -0.133. The standard InChI is InChI=1S/C21H19BrClN3O2/c22-16-7-5-15(6-8-16)21-18(25-11-1-2-19(25)27)13-26(24-21)20(28)12-14-3-9-17(23)10-4-14/h3-10,18H,1-2,11-13H2. The van der Waals surface area contributed by atoms with Crippen molar-refractivity contribution in [3.8, 4) is 0 Å². The molecule has 7 heteroatoms. The van der Waals surface area contributed by atoms with Gasteiger partial charge in [0.15, 0.2) is 0 Å².